The zero-order chi connectivity index (χ0) is 19.1. The van der Waals surface area contributed by atoms with Crippen molar-refractivity contribution in [3.05, 3.63) is 38.3 Å². The van der Waals surface area contributed by atoms with Gasteiger partial charge in [0.1, 0.15) is 11.7 Å². The highest BCUT2D eigenvalue weighted by atomic mass is 32.1. The fourth-order valence-corrected chi connectivity index (χ4v) is 5.11. The molecule has 7 nitrogen and oxygen atoms in total. The molecule has 4 rings (SSSR count). The van der Waals surface area contributed by atoms with Crippen LogP contribution in [-0.4, -0.2) is 28.0 Å². The number of nitriles is 1. The van der Waals surface area contributed by atoms with Crippen molar-refractivity contribution in [3.8, 4) is 6.07 Å². The molecular weight excluding hydrogens is 362 g/mol. The van der Waals surface area contributed by atoms with E-state index < -0.39 is 17.7 Å². The fraction of sp³-hybridized carbons (Fsp3) is 0.474. The summed E-state index contributed by atoms with van der Waals surface area (Å²) in [6, 6.07) is 6.28. The average molecular weight is 383 g/mol. The van der Waals surface area contributed by atoms with E-state index in [-0.39, 0.29) is 23.5 Å². The second-order valence-electron chi connectivity index (χ2n) is 7.28. The highest BCUT2D eigenvalue weighted by molar-refractivity contribution is 7.10. The lowest BCUT2D eigenvalue weighted by Gasteiger charge is -2.40. The molecule has 4 heterocycles. The fourth-order valence-electron chi connectivity index (χ4n) is 4.24. The van der Waals surface area contributed by atoms with Gasteiger partial charge >= 0.3 is 0 Å². The summed E-state index contributed by atoms with van der Waals surface area (Å²) in [4.78, 5) is 36.0. The molecule has 0 aliphatic carbocycles. The lowest BCUT2D eigenvalue weighted by Crippen LogP contribution is -2.46. The van der Waals surface area contributed by atoms with Gasteiger partial charge in [-0.1, -0.05) is 6.07 Å². The number of nitrogens with zero attached hydrogens (tertiary/aromatic N) is 3. The van der Waals surface area contributed by atoms with Crippen LogP contribution in [-0.2, 0) is 4.79 Å². The highest BCUT2D eigenvalue weighted by Crippen LogP contribution is 2.40. The largest absolute Gasteiger partial charge is 0.337 e. The molecule has 8 heteroatoms. The van der Waals surface area contributed by atoms with Crippen LogP contribution in [0.15, 0.2) is 22.3 Å². The minimum atomic E-state index is -0.947. The van der Waals surface area contributed by atoms with Crippen molar-refractivity contribution in [2.75, 3.05) is 10.2 Å². The maximum absolute atomic E-state index is 13.0. The number of aromatic amines is 1. The van der Waals surface area contributed by atoms with Crippen molar-refractivity contribution in [1.29, 1.82) is 5.26 Å². The van der Waals surface area contributed by atoms with Gasteiger partial charge in [0.25, 0.3) is 5.56 Å². The minimum absolute atomic E-state index is 0.259. The van der Waals surface area contributed by atoms with Crippen LogP contribution in [0.2, 0.25) is 0 Å². The number of carbonyl (C=O) groups is 1. The number of fused-ring (bicyclic) bond motifs is 1. The van der Waals surface area contributed by atoms with Crippen molar-refractivity contribution in [1.82, 2.24) is 9.97 Å². The van der Waals surface area contributed by atoms with Crippen molar-refractivity contribution in [2.45, 2.75) is 51.1 Å². The number of piperidine rings is 1. The molecule has 0 aromatic carbocycles. The molecular formula is C19H21N5O2S. The predicted molar refractivity (Wildman–Crippen MR) is 104 cm³/mol. The number of aromatic nitrogens is 2. The summed E-state index contributed by atoms with van der Waals surface area (Å²) in [6.07, 6.45) is 3.21. The SMILES string of the molecule is CC1CCCC(C)N1c1nc2c(c(=O)[nH]1)C(c1cccs1)C(C#N)C(=O)N2. The molecule has 2 aliphatic rings. The lowest BCUT2D eigenvalue weighted by molar-refractivity contribution is -0.119. The minimum Gasteiger partial charge on any atom is -0.337 e. The molecule has 140 valence electrons. The molecule has 4 unspecified atom stereocenters. The zero-order valence-electron chi connectivity index (χ0n) is 15.2. The molecule has 0 bridgehead atoms. The number of hydrogen-bond acceptors (Lipinski definition) is 6. The van der Waals surface area contributed by atoms with Gasteiger partial charge in [0.2, 0.25) is 11.9 Å². The van der Waals surface area contributed by atoms with Crippen LogP contribution in [0, 0.1) is 17.2 Å². The Balaban J connectivity index is 1.85. The summed E-state index contributed by atoms with van der Waals surface area (Å²) in [5.41, 5.74) is 0.0725. The van der Waals surface area contributed by atoms with Crippen LogP contribution >= 0.6 is 11.3 Å². The standard InChI is InChI=1S/C19H21N5O2S/c1-10-5-3-6-11(2)24(10)19-22-16-15(18(26)23-19)14(13-7-4-8-27-13)12(9-20)17(25)21-16/h4,7-8,10-12,14H,3,5-6H2,1-2H3,(H2,21,22,23,25,26). The van der Waals surface area contributed by atoms with Gasteiger partial charge in [0.05, 0.1) is 17.6 Å². The quantitative estimate of drug-likeness (QED) is 0.830. The molecule has 2 N–H and O–H groups in total. The molecule has 4 atom stereocenters. The highest BCUT2D eigenvalue weighted by Gasteiger charge is 2.41. The molecule has 2 aromatic rings. The topological polar surface area (TPSA) is 102 Å². The Hall–Kier alpha value is -2.66. The number of anilines is 2. The summed E-state index contributed by atoms with van der Waals surface area (Å²) in [5.74, 6) is -1.20. The summed E-state index contributed by atoms with van der Waals surface area (Å²) < 4.78 is 0. The number of rotatable bonds is 2. The molecule has 27 heavy (non-hydrogen) atoms. The molecule has 0 spiro atoms. The Morgan fingerprint density at radius 2 is 2.04 bits per heavy atom. The third-order valence-corrected chi connectivity index (χ3v) is 6.49. The Labute approximate surface area is 161 Å². The van der Waals surface area contributed by atoms with Gasteiger partial charge < -0.3 is 10.2 Å². The Morgan fingerprint density at radius 1 is 1.30 bits per heavy atom. The maximum atomic E-state index is 13.0. The van der Waals surface area contributed by atoms with Crippen LogP contribution in [0.25, 0.3) is 0 Å². The van der Waals surface area contributed by atoms with E-state index >= 15 is 0 Å². The van der Waals surface area contributed by atoms with E-state index in [1.807, 2.05) is 17.5 Å². The first-order valence-electron chi connectivity index (χ1n) is 9.17. The average Bonchev–Trinajstić information content (AvgIpc) is 3.14. The van der Waals surface area contributed by atoms with Gasteiger partial charge in [-0.25, -0.2) is 0 Å². The van der Waals surface area contributed by atoms with Gasteiger partial charge in [-0.2, -0.15) is 10.2 Å². The summed E-state index contributed by atoms with van der Waals surface area (Å²) >= 11 is 1.43. The molecule has 2 aromatic heterocycles. The van der Waals surface area contributed by atoms with Crippen molar-refractivity contribution >= 4 is 29.0 Å². The van der Waals surface area contributed by atoms with E-state index in [1.54, 1.807) is 0 Å². The first-order chi connectivity index (χ1) is 13.0. The smallest absolute Gasteiger partial charge is 0.258 e. The van der Waals surface area contributed by atoms with Crippen LogP contribution in [0.4, 0.5) is 11.8 Å². The van der Waals surface area contributed by atoms with Crippen LogP contribution in [0.5, 0.6) is 0 Å². The summed E-state index contributed by atoms with van der Waals surface area (Å²) in [5, 5.41) is 14.1. The van der Waals surface area contributed by atoms with Gasteiger partial charge in [0.15, 0.2) is 0 Å². The summed E-state index contributed by atoms with van der Waals surface area (Å²) in [6.45, 7) is 4.24. The monoisotopic (exact) mass is 383 g/mol. The number of hydrogen-bond donors (Lipinski definition) is 2. The van der Waals surface area contributed by atoms with Gasteiger partial charge in [-0.05, 0) is 44.6 Å². The number of H-pyrrole nitrogens is 1. The number of carbonyl (C=O) groups excluding carboxylic acids is 1. The van der Waals surface area contributed by atoms with E-state index in [1.165, 1.54) is 11.3 Å². The molecule has 0 radical (unpaired) electrons. The van der Waals surface area contributed by atoms with Gasteiger partial charge in [-0.3, -0.25) is 14.6 Å². The third kappa shape index (κ3) is 2.92. The molecule has 1 saturated heterocycles. The van der Waals surface area contributed by atoms with E-state index in [0.29, 0.717) is 11.5 Å². The van der Waals surface area contributed by atoms with E-state index in [0.717, 1.165) is 24.1 Å². The van der Waals surface area contributed by atoms with Crippen LogP contribution in [0.1, 0.15) is 49.5 Å². The first kappa shape index (κ1) is 17.7. The van der Waals surface area contributed by atoms with Crippen molar-refractivity contribution in [2.24, 2.45) is 5.92 Å². The first-order valence-corrected chi connectivity index (χ1v) is 10.1. The molecule has 0 saturated carbocycles. The number of nitrogens with one attached hydrogen (secondary N) is 2. The van der Waals surface area contributed by atoms with Crippen LogP contribution < -0.4 is 15.8 Å². The normalized spacial score (nSPS) is 27.6. The number of amides is 1. The Bertz CT molecular complexity index is 951. The maximum Gasteiger partial charge on any atom is 0.258 e. The zero-order valence-corrected chi connectivity index (χ0v) is 16.0. The second-order valence-corrected chi connectivity index (χ2v) is 8.26. The molecule has 2 aliphatic heterocycles. The lowest BCUT2D eigenvalue weighted by atomic mass is 9.83. The van der Waals surface area contributed by atoms with E-state index in [4.69, 9.17) is 0 Å². The van der Waals surface area contributed by atoms with Gasteiger partial charge in [0, 0.05) is 17.0 Å². The van der Waals surface area contributed by atoms with E-state index in [2.05, 4.69) is 40.1 Å². The number of thiophene rings is 1. The van der Waals surface area contributed by atoms with Crippen LogP contribution in [0.3, 0.4) is 0 Å². The Kier molecular flexibility index (Phi) is 4.48. The Morgan fingerprint density at radius 3 is 2.67 bits per heavy atom. The predicted octanol–water partition coefficient (Wildman–Crippen LogP) is 2.82. The third-order valence-electron chi connectivity index (χ3n) is 5.54. The second kappa shape index (κ2) is 6.82. The van der Waals surface area contributed by atoms with Crippen molar-refractivity contribution < 1.29 is 4.79 Å². The molecule has 1 amide bonds. The van der Waals surface area contributed by atoms with E-state index in [9.17, 15) is 14.9 Å². The molecule has 1 fully saturated rings. The van der Waals surface area contributed by atoms with Gasteiger partial charge in [-0.15, -0.1) is 11.3 Å². The van der Waals surface area contributed by atoms with Crippen molar-refractivity contribution in [3.63, 3.8) is 0 Å². The summed E-state index contributed by atoms with van der Waals surface area (Å²) in [7, 11) is 0.